The molecule has 0 bridgehead atoms. The molecule has 0 aliphatic carbocycles. The summed E-state index contributed by atoms with van der Waals surface area (Å²) < 4.78 is 23.4. The van der Waals surface area contributed by atoms with Crippen molar-refractivity contribution >= 4 is 39.1 Å². The number of sulfonamides is 1. The third-order valence-corrected chi connectivity index (χ3v) is 6.81. The van der Waals surface area contributed by atoms with Crippen molar-refractivity contribution in [2.45, 2.75) is 25.2 Å². The van der Waals surface area contributed by atoms with Crippen LogP contribution in [0.5, 0.6) is 0 Å². The Hall–Kier alpha value is -2.46. The van der Waals surface area contributed by atoms with Gasteiger partial charge in [-0.1, -0.05) is 23.7 Å². The number of nitrogens with two attached hydrogens (primary N) is 1. The minimum absolute atomic E-state index is 0.0422. The predicted octanol–water partition coefficient (Wildman–Crippen LogP) is 2.39. The summed E-state index contributed by atoms with van der Waals surface area (Å²) >= 11 is 6.16. The number of carbonyl (C=O) groups excluding carboxylic acids is 2. The number of nitrogens with zero attached hydrogens (tertiary/aromatic N) is 2. The molecule has 3 rings (SSSR count). The maximum atomic E-state index is 12.8. The van der Waals surface area contributed by atoms with E-state index in [9.17, 15) is 18.0 Å². The van der Waals surface area contributed by atoms with E-state index in [4.69, 9.17) is 16.7 Å². The zero-order valence-corrected chi connectivity index (χ0v) is 19.7. The van der Waals surface area contributed by atoms with Crippen LogP contribution < -0.4 is 10.5 Å². The lowest BCUT2D eigenvalue weighted by molar-refractivity contribution is -0.117. The molecule has 0 aromatic heterocycles. The van der Waals surface area contributed by atoms with E-state index in [2.05, 4.69) is 5.32 Å². The first-order valence-electron chi connectivity index (χ1n) is 10.3. The van der Waals surface area contributed by atoms with E-state index in [0.29, 0.717) is 42.5 Å². The first-order valence-corrected chi connectivity index (χ1v) is 12.2. The molecule has 0 saturated carbocycles. The summed E-state index contributed by atoms with van der Waals surface area (Å²) in [6.45, 7) is 5.97. The second-order valence-corrected chi connectivity index (χ2v) is 9.88. The highest BCUT2D eigenvalue weighted by Gasteiger charge is 2.23. The van der Waals surface area contributed by atoms with Crippen LogP contribution in [-0.4, -0.2) is 62.8 Å². The summed E-state index contributed by atoms with van der Waals surface area (Å²) in [4.78, 5) is 29.2. The van der Waals surface area contributed by atoms with Crippen molar-refractivity contribution in [1.82, 2.24) is 9.80 Å². The second kappa shape index (κ2) is 9.99. The van der Waals surface area contributed by atoms with Gasteiger partial charge in [0, 0.05) is 31.9 Å². The fraction of sp³-hybridized carbons (Fsp3) is 0.364. The van der Waals surface area contributed by atoms with Crippen molar-refractivity contribution in [3.8, 4) is 0 Å². The molecule has 1 fully saturated rings. The fourth-order valence-corrected chi connectivity index (χ4v) is 4.49. The first kappa shape index (κ1) is 24.2. The summed E-state index contributed by atoms with van der Waals surface area (Å²) in [6.07, 6.45) is 0.725. The number of aryl methyl sites for hydroxylation is 1. The maximum Gasteiger partial charge on any atom is 0.255 e. The summed E-state index contributed by atoms with van der Waals surface area (Å²) in [5.41, 5.74) is 2.39. The van der Waals surface area contributed by atoms with E-state index >= 15 is 0 Å². The summed E-state index contributed by atoms with van der Waals surface area (Å²) in [7, 11) is -3.88. The molecule has 1 aliphatic heterocycles. The van der Waals surface area contributed by atoms with E-state index in [-0.39, 0.29) is 23.3 Å². The van der Waals surface area contributed by atoms with Gasteiger partial charge >= 0.3 is 0 Å². The monoisotopic (exact) mass is 478 g/mol. The fourth-order valence-electron chi connectivity index (χ4n) is 3.65. The van der Waals surface area contributed by atoms with Gasteiger partial charge in [0.15, 0.2) is 0 Å². The van der Waals surface area contributed by atoms with E-state index in [1.54, 1.807) is 36.1 Å². The molecule has 1 saturated heterocycles. The lowest BCUT2D eigenvalue weighted by Gasteiger charge is -2.22. The van der Waals surface area contributed by atoms with Crippen LogP contribution in [0.1, 0.15) is 27.9 Å². The number of amides is 2. The van der Waals surface area contributed by atoms with E-state index in [1.165, 1.54) is 12.1 Å². The van der Waals surface area contributed by atoms with Crippen LogP contribution in [0.2, 0.25) is 5.02 Å². The van der Waals surface area contributed by atoms with Crippen molar-refractivity contribution < 1.29 is 18.0 Å². The topological polar surface area (TPSA) is 113 Å². The highest BCUT2D eigenvalue weighted by atomic mass is 35.5. The maximum absolute atomic E-state index is 12.8. The second-order valence-electron chi connectivity index (χ2n) is 7.91. The van der Waals surface area contributed by atoms with Gasteiger partial charge in [-0.3, -0.25) is 14.5 Å². The van der Waals surface area contributed by atoms with Gasteiger partial charge in [-0.15, -0.1) is 0 Å². The largest absolute Gasteiger partial charge is 0.337 e. The van der Waals surface area contributed by atoms with Crippen LogP contribution in [-0.2, 0) is 14.8 Å². The van der Waals surface area contributed by atoms with Gasteiger partial charge in [0.2, 0.25) is 15.9 Å². The molecule has 1 heterocycles. The number of primary sulfonamides is 1. The number of halogens is 1. The molecule has 10 heteroatoms. The lowest BCUT2D eigenvalue weighted by atomic mass is 10.1. The van der Waals surface area contributed by atoms with Crippen molar-refractivity contribution in [3.63, 3.8) is 0 Å². The van der Waals surface area contributed by atoms with Crippen LogP contribution in [0, 0.1) is 13.8 Å². The number of benzene rings is 2. The standard InChI is InChI=1S/C22H27ClN4O4S/c1-15-12-17(32(24,30)31)13-20(16(15)2)25-21(28)14-26-8-5-9-27(11-10-26)22(29)18-6-3-4-7-19(18)23/h3-4,6-7,12-13H,5,8-11,14H2,1-2H3,(H,25,28)(H2,24,30,31). The van der Waals surface area contributed by atoms with Gasteiger partial charge in [-0.25, -0.2) is 13.6 Å². The molecule has 32 heavy (non-hydrogen) atoms. The van der Waals surface area contributed by atoms with Gasteiger partial charge < -0.3 is 10.2 Å². The number of anilines is 1. The quantitative estimate of drug-likeness (QED) is 0.685. The summed E-state index contributed by atoms with van der Waals surface area (Å²) in [5.74, 6) is -0.377. The van der Waals surface area contributed by atoms with Crippen LogP contribution >= 0.6 is 11.6 Å². The van der Waals surface area contributed by atoms with Gasteiger partial charge in [0.25, 0.3) is 5.91 Å². The van der Waals surface area contributed by atoms with Gasteiger partial charge in [-0.05, 0) is 55.7 Å². The molecule has 1 aliphatic rings. The van der Waals surface area contributed by atoms with Crippen molar-refractivity contribution in [3.05, 3.63) is 58.1 Å². The molecule has 0 atom stereocenters. The van der Waals surface area contributed by atoms with Crippen LogP contribution in [0.4, 0.5) is 5.69 Å². The number of nitrogens with one attached hydrogen (secondary N) is 1. The van der Waals surface area contributed by atoms with E-state index < -0.39 is 10.0 Å². The zero-order valence-electron chi connectivity index (χ0n) is 18.1. The highest BCUT2D eigenvalue weighted by Crippen LogP contribution is 2.24. The number of carbonyl (C=O) groups is 2. The lowest BCUT2D eigenvalue weighted by Crippen LogP contribution is -2.38. The predicted molar refractivity (Wildman–Crippen MR) is 124 cm³/mol. The van der Waals surface area contributed by atoms with Crippen LogP contribution in [0.25, 0.3) is 0 Å². The Labute approximate surface area is 193 Å². The molecule has 0 unspecified atom stereocenters. The summed E-state index contributed by atoms with van der Waals surface area (Å²) in [6, 6.07) is 9.83. The Kier molecular flexibility index (Phi) is 7.55. The van der Waals surface area contributed by atoms with Crippen LogP contribution in [0.3, 0.4) is 0 Å². The third-order valence-electron chi connectivity index (χ3n) is 5.59. The van der Waals surface area contributed by atoms with Crippen molar-refractivity contribution in [2.24, 2.45) is 5.14 Å². The molecule has 3 N–H and O–H groups in total. The minimum atomic E-state index is -3.88. The zero-order chi connectivity index (χ0) is 23.5. The molecular formula is C22H27ClN4O4S. The number of hydrogen-bond acceptors (Lipinski definition) is 5. The molecule has 0 spiro atoms. The molecule has 2 aromatic carbocycles. The Morgan fingerprint density at radius 2 is 1.81 bits per heavy atom. The van der Waals surface area contributed by atoms with E-state index in [1.807, 2.05) is 11.8 Å². The Balaban J connectivity index is 1.63. The Morgan fingerprint density at radius 3 is 2.50 bits per heavy atom. The smallest absolute Gasteiger partial charge is 0.255 e. The molecule has 2 amide bonds. The van der Waals surface area contributed by atoms with E-state index in [0.717, 1.165) is 17.5 Å². The first-order chi connectivity index (χ1) is 15.1. The summed E-state index contributed by atoms with van der Waals surface area (Å²) in [5, 5.41) is 8.46. The van der Waals surface area contributed by atoms with Gasteiger partial charge in [0.1, 0.15) is 0 Å². The SMILES string of the molecule is Cc1cc(S(N)(=O)=O)cc(NC(=O)CN2CCCN(C(=O)c3ccccc3Cl)CC2)c1C. The van der Waals surface area contributed by atoms with Gasteiger partial charge in [-0.2, -0.15) is 0 Å². The minimum Gasteiger partial charge on any atom is -0.337 e. The normalized spacial score (nSPS) is 15.3. The Bertz CT molecular complexity index is 1140. The average molecular weight is 479 g/mol. The van der Waals surface area contributed by atoms with Gasteiger partial charge in [0.05, 0.1) is 22.0 Å². The molecule has 172 valence electrons. The Morgan fingerprint density at radius 1 is 1.09 bits per heavy atom. The number of rotatable bonds is 5. The average Bonchev–Trinajstić information content (AvgIpc) is 2.96. The van der Waals surface area contributed by atoms with Crippen molar-refractivity contribution in [2.75, 3.05) is 38.0 Å². The van der Waals surface area contributed by atoms with Crippen LogP contribution in [0.15, 0.2) is 41.3 Å². The molecular weight excluding hydrogens is 452 g/mol. The molecule has 2 aromatic rings. The molecule has 0 radical (unpaired) electrons. The van der Waals surface area contributed by atoms with Crippen molar-refractivity contribution in [1.29, 1.82) is 0 Å². The third kappa shape index (κ3) is 5.86. The highest BCUT2D eigenvalue weighted by molar-refractivity contribution is 7.89. The molecule has 8 nitrogen and oxygen atoms in total. The number of hydrogen-bond donors (Lipinski definition) is 2.